The summed E-state index contributed by atoms with van der Waals surface area (Å²) in [5.74, 6) is 0. The van der Waals surface area contributed by atoms with Crippen LogP contribution >= 0.6 is 0 Å². The monoisotopic (exact) mass is 217 g/mol. The molecule has 1 atom stereocenters. The van der Waals surface area contributed by atoms with Crippen LogP contribution in [-0.4, -0.2) is 13.1 Å². The van der Waals surface area contributed by atoms with Crippen LogP contribution in [0, 0.1) is 12.3 Å². The fourth-order valence-electron chi connectivity index (χ4n) is 1.91. The van der Waals surface area contributed by atoms with E-state index in [-0.39, 0.29) is 5.41 Å². The largest absolute Gasteiger partial charge is 0.316 e. The number of nitrogens with one attached hydrogen (secondary N) is 1. The zero-order valence-electron chi connectivity index (χ0n) is 10.7. The Bertz CT molecular complexity index is 343. The molecule has 0 aromatic heterocycles. The molecular weight excluding hydrogens is 194 g/mol. The number of aryl methyl sites for hydroxylation is 1. The number of rotatable bonds is 6. The minimum absolute atomic E-state index is 0.143. The summed E-state index contributed by atoms with van der Waals surface area (Å²) in [6.45, 7) is 12.5. The van der Waals surface area contributed by atoms with Crippen LogP contribution in [-0.2, 0) is 6.42 Å². The predicted octanol–water partition coefficient (Wildman–Crippen LogP) is 3.34. The Morgan fingerprint density at radius 1 is 1.44 bits per heavy atom. The summed E-state index contributed by atoms with van der Waals surface area (Å²) in [7, 11) is 0. The molecule has 1 aromatic carbocycles. The minimum Gasteiger partial charge on any atom is -0.316 e. The summed E-state index contributed by atoms with van der Waals surface area (Å²) in [5.41, 5.74) is 2.86. The Morgan fingerprint density at radius 3 is 2.75 bits per heavy atom. The van der Waals surface area contributed by atoms with Gasteiger partial charge >= 0.3 is 0 Å². The molecule has 0 heterocycles. The van der Waals surface area contributed by atoms with Crippen molar-refractivity contribution < 1.29 is 0 Å². The molecule has 0 bridgehead atoms. The van der Waals surface area contributed by atoms with Gasteiger partial charge in [0, 0.05) is 12.0 Å². The van der Waals surface area contributed by atoms with E-state index in [9.17, 15) is 0 Å². The summed E-state index contributed by atoms with van der Waals surface area (Å²) in [6.07, 6.45) is 3.11. The summed E-state index contributed by atoms with van der Waals surface area (Å²) in [5, 5.41) is 3.40. The van der Waals surface area contributed by atoms with Crippen molar-refractivity contribution >= 4 is 0 Å². The van der Waals surface area contributed by atoms with E-state index in [0.29, 0.717) is 0 Å². The predicted molar refractivity (Wildman–Crippen MR) is 71.7 cm³/mol. The molecule has 1 nitrogen and oxygen atoms in total. The van der Waals surface area contributed by atoms with Crippen LogP contribution in [0.15, 0.2) is 36.9 Å². The second kappa shape index (κ2) is 5.86. The molecule has 88 valence electrons. The average molecular weight is 217 g/mol. The van der Waals surface area contributed by atoms with Crippen molar-refractivity contribution in [3.63, 3.8) is 0 Å². The second-order valence-electron chi connectivity index (χ2n) is 4.80. The zero-order chi connectivity index (χ0) is 12.0. The van der Waals surface area contributed by atoms with Crippen LogP contribution in [0.5, 0.6) is 0 Å². The summed E-state index contributed by atoms with van der Waals surface area (Å²) in [4.78, 5) is 0. The smallest absolute Gasteiger partial charge is 0.00428 e. The van der Waals surface area contributed by atoms with Crippen molar-refractivity contribution in [3.05, 3.63) is 48.0 Å². The van der Waals surface area contributed by atoms with E-state index in [1.165, 1.54) is 11.1 Å². The molecule has 16 heavy (non-hydrogen) atoms. The van der Waals surface area contributed by atoms with Crippen LogP contribution in [0.25, 0.3) is 0 Å². The Morgan fingerprint density at radius 2 is 2.19 bits per heavy atom. The highest BCUT2D eigenvalue weighted by Gasteiger charge is 2.19. The molecule has 1 unspecified atom stereocenters. The Kier molecular flexibility index (Phi) is 4.75. The Hall–Kier alpha value is -1.08. The maximum atomic E-state index is 3.96. The van der Waals surface area contributed by atoms with Crippen molar-refractivity contribution in [1.29, 1.82) is 0 Å². The lowest BCUT2D eigenvalue weighted by molar-refractivity contribution is 0.396. The molecular formula is C15H23N. The van der Waals surface area contributed by atoms with Gasteiger partial charge in [-0.15, -0.1) is 6.58 Å². The summed E-state index contributed by atoms with van der Waals surface area (Å²) >= 11 is 0. The first-order chi connectivity index (χ1) is 7.59. The van der Waals surface area contributed by atoms with E-state index in [4.69, 9.17) is 0 Å². The number of hydrogen-bond acceptors (Lipinski definition) is 1. The van der Waals surface area contributed by atoms with Crippen molar-refractivity contribution in [3.8, 4) is 0 Å². The Labute approximate surface area is 99.6 Å². The minimum atomic E-state index is 0.143. The van der Waals surface area contributed by atoms with Crippen molar-refractivity contribution in [2.24, 2.45) is 5.41 Å². The standard InChI is InChI=1S/C15H23N/c1-5-15(4,12-16-6-2)11-14-9-7-8-13(3)10-14/h5,7-10,16H,1,6,11-12H2,2-4H3. The van der Waals surface area contributed by atoms with Gasteiger partial charge in [0.1, 0.15) is 0 Å². The first-order valence-electron chi connectivity index (χ1n) is 5.99. The van der Waals surface area contributed by atoms with Crippen LogP contribution < -0.4 is 5.32 Å². The van der Waals surface area contributed by atoms with Gasteiger partial charge in [-0.25, -0.2) is 0 Å². The lowest BCUT2D eigenvalue weighted by Gasteiger charge is -2.26. The van der Waals surface area contributed by atoms with E-state index in [2.05, 4.69) is 63.0 Å². The molecule has 0 aliphatic heterocycles. The molecule has 0 aliphatic carbocycles. The fourth-order valence-corrected chi connectivity index (χ4v) is 1.91. The van der Waals surface area contributed by atoms with E-state index in [1.54, 1.807) is 0 Å². The van der Waals surface area contributed by atoms with Gasteiger partial charge in [0.2, 0.25) is 0 Å². The van der Waals surface area contributed by atoms with Crippen molar-refractivity contribution in [2.75, 3.05) is 13.1 Å². The van der Waals surface area contributed by atoms with Gasteiger partial charge in [-0.2, -0.15) is 0 Å². The molecule has 1 heteroatoms. The van der Waals surface area contributed by atoms with Gasteiger partial charge in [-0.1, -0.05) is 49.8 Å². The molecule has 1 rings (SSSR count). The van der Waals surface area contributed by atoms with E-state index >= 15 is 0 Å². The quantitative estimate of drug-likeness (QED) is 0.721. The molecule has 1 aromatic rings. The third-order valence-electron chi connectivity index (χ3n) is 2.96. The normalized spacial score (nSPS) is 14.4. The third-order valence-corrected chi connectivity index (χ3v) is 2.96. The maximum Gasteiger partial charge on any atom is 0.00428 e. The van der Waals surface area contributed by atoms with Gasteiger partial charge in [0.15, 0.2) is 0 Å². The highest BCUT2D eigenvalue weighted by atomic mass is 14.9. The van der Waals surface area contributed by atoms with Crippen LogP contribution in [0.2, 0.25) is 0 Å². The van der Waals surface area contributed by atoms with Gasteiger partial charge in [0.05, 0.1) is 0 Å². The molecule has 0 amide bonds. The van der Waals surface area contributed by atoms with Gasteiger partial charge in [-0.05, 0) is 25.5 Å². The van der Waals surface area contributed by atoms with E-state index in [1.807, 2.05) is 0 Å². The van der Waals surface area contributed by atoms with Gasteiger partial charge < -0.3 is 5.32 Å². The van der Waals surface area contributed by atoms with Gasteiger partial charge in [0.25, 0.3) is 0 Å². The molecule has 0 saturated heterocycles. The molecule has 0 radical (unpaired) electrons. The summed E-state index contributed by atoms with van der Waals surface area (Å²) < 4.78 is 0. The molecule has 0 aliphatic rings. The summed E-state index contributed by atoms with van der Waals surface area (Å²) in [6, 6.07) is 8.72. The Balaban J connectivity index is 2.72. The second-order valence-corrected chi connectivity index (χ2v) is 4.80. The SMILES string of the molecule is C=CC(C)(CNCC)Cc1cccc(C)c1. The first kappa shape index (κ1) is 13.0. The average Bonchev–Trinajstić information content (AvgIpc) is 2.26. The van der Waals surface area contributed by atoms with E-state index < -0.39 is 0 Å². The molecule has 0 saturated carbocycles. The molecule has 1 N–H and O–H groups in total. The molecule has 0 spiro atoms. The maximum absolute atomic E-state index is 3.96. The lowest BCUT2D eigenvalue weighted by Crippen LogP contribution is -2.31. The number of hydrogen-bond donors (Lipinski definition) is 1. The highest BCUT2D eigenvalue weighted by Crippen LogP contribution is 2.23. The third kappa shape index (κ3) is 3.82. The lowest BCUT2D eigenvalue weighted by atomic mass is 9.83. The first-order valence-corrected chi connectivity index (χ1v) is 5.99. The van der Waals surface area contributed by atoms with Crippen molar-refractivity contribution in [1.82, 2.24) is 5.32 Å². The topological polar surface area (TPSA) is 12.0 Å². The molecule has 0 fully saturated rings. The fraction of sp³-hybridized carbons (Fsp3) is 0.467. The highest BCUT2D eigenvalue weighted by molar-refractivity contribution is 5.24. The number of benzene rings is 1. The van der Waals surface area contributed by atoms with Crippen LogP contribution in [0.4, 0.5) is 0 Å². The van der Waals surface area contributed by atoms with Crippen LogP contribution in [0.1, 0.15) is 25.0 Å². The zero-order valence-corrected chi connectivity index (χ0v) is 10.7. The van der Waals surface area contributed by atoms with E-state index in [0.717, 1.165) is 19.5 Å². The van der Waals surface area contributed by atoms with Crippen LogP contribution in [0.3, 0.4) is 0 Å². The van der Waals surface area contributed by atoms with Crippen molar-refractivity contribution in [2.45, 2.75) is 27.2 Å². The van der Waals surface area contributed by atoms with Gasteiger partial charge in [-0.3, -0.25) is 0 Å².